The Bertz CT molecular complexity index is 1150. The van der Waals surface area contributed by atoms with Crippen molar-refractivity contribution in [2.45, 2.75) is 5.75 Å². The second-order valence-electron chi connectivity index (χ2n) is 6.16. The van der Waals surface area contributed by atoms with Gasteiger partial charge in [-0.2, -0.15) is 0 Å². The van der Waals surface area contributed by atoms with Crippen molar-refractivity contribution in [3.8, 4) is 11.3 Å². The maximum atomic E-state index is 12.4. The highest BCUT2D eigenvalue weighted by molar-refractivity contribution is 7.91. The zero-order valence-corrected chi connectivity index (χ0v) is 15.8. The molecule has 2 aromatic heterocycles. The van der Waals surface area contributed by atoms with Crippen molar-refractivity contribution < 1.29 is 8.42 Å². The first-order valence-corrected chi connectivity index (χ1v) is 10.3. The fraction of sp³-hybridized carbons (Fsp3) is 0.0500. The molecule has 0 bridgehead atoms. The first kappa shape index (κ1) is 17.6. The van der Waals surface area contributed by atoms with E-state index in [9.17, 15) is 8.42 Å². The molecule has 0 atom stereocenters. The molecular weight excluding hydrogens is 382 g/mol. The molecule has 2 heterocycles. The number of imidazole rings is 1. The second kappa shape index (κ2) is 7.06. The maximum Gasteiger partial charge on any atom is 0.236 e. The van der Waals surface area contributed by atoms with Crippen LogP contribution in [-0.4, -0.2) is 17.8 Å². The van der Waals surface area contributed by atoms with E-state index in [1.54, 1.807) is 36.4 Å². The van der Waals surface area contributed by atoms with Crippen molar-refractivity contribution in [2.75, 3.05) is 4.72 Å². The summed E-state index contributed by atoms with van der Waals surface area (Å²) in [5.41, 5.74) is 3.79. The lowest BCUT2D eigenvalue weighted by Gasteiger charge is -2.09. The minimum atomic E-state index is -3.51. The van der Waals surface area contributed by atoms with Crippen LogP contribution in [0.15, 0.2) is 79.1 Å². The van der Waals surface area contributed by atoms with Gasteiger partial charge < -0.3 is 4.40 Å². The Hall–Kier alpha value is -2.83. The predicted molar refractivity (Wildman–Crippen MR) is 108 cm³/mol. The molecule has 0 amide bonds. The number of benzene rings is 2. The fourth-order valence-electron chi connectivity index (χ4n) is 2.80. The number of nitrogens with one attached hydrogen (secondary N) is 1. The topological polar surface area (TPSA) is 63.5 Å². The molecule has 4 rings (SSSR count). The highest BCUT2D eigenvalue weighted by atomic mass is 35.5. The van der Waals surface area contributed by atoms with Crippen molar-refractivity contribution in [2.24, 2.45) is 0 Å². The van der Waals surface area contributed by atoms with Gasteiger partial charge in [-0.05, 0) is 42.0 Å². The van der Waals surface area contributed by atoms with Crippen molar-refractivity contribution in [1.82, 2.24) is 9.38 Å². The monoisotopic (exact) mass is 397 g/mol. The summed E-state index contributed by atoms with van der Waals surface area (Å²) in [6.07, 6.45) is 3.88. The zero-order chi connectivity index (χ0) is 18.9. The summed E-state index contributed by atoms with van der Waals surface area (Å²) < 4.78 is 29.3. The van der Waals surface area contributed by atoms with Gasteiger partial charge in [0.25, 0.3) is 0 Å². The van der Waals surface area contributed by atoms with Crippen LogP contribution in [0.3, 0.4) is 0 Å². The van der Waals surface area contributed by atoms with Gasteiger partial charge in [-0.3, -0.25) is 4.72 Å². The molecule has 0 aliphatic rings. The number of hydrogen-bond acceptors (Lipinski definition) is 3. The highest BCUT2D eigenvalue weighted by Crippen LogP contribution is 2.22. The minimum Gasteiger partial charge on any atom is -0.306 e. The van der Waals surface area contributed by atoms with Crippen LogP contribution in [0, 0.1) is 0 Å². The van der Waals surface area contributed by atoms with E-state index in [0.717, 1.165) is 16.9 Å². The summed E-state index contributed by atoms with van der Waals surface area (Å²) in [5, 5.41) is 0.576. The summed E-state index contributed by atoms with van der Waals surface area (Å²) >= 11 is 5.83. The molecule has 27 heavy (non-hydrogen) atoms. The molecule has 0 aliphatic carbocycles. The Labute approximate surface area is 162 Å². The van der Waals surface area contributed by atoms with Crippen LogP contribution in [0.25, 0.3) is 16.9 Å². The smallest absolute Gasteiger partial charge is 0.236 e. The molecule has 0 fully saturated rings. The van der Waals surface area contributed by atoms with Crippen LogP contribution in [0.1, 0.15) is 5.56 Å². The van der Waals surface area contributed by atoms with Crippen LogP contribution < -0.4 is 4.72 Å². The third-order valence-corrected chi connectivity index (χ3v) is 5.60. The van der Waals surface area contributed by atoms with Crippen LogP contribution in [0.5, 0.6) is 0 Å². The number of sulfonamides is 1. The average Bonchev–Trinajstić information content (AvgIpc) is 3.08. The largest absolute Gasteiger partial charge is 0.306 e. The molecule has 1 N–H and O–H groups in total. The number of anilines is 1. The van der Waals surface area contributed by atoms with Gasteiger partial charge in [-0.15, -0.1) is 0 Å². The van der Waals surface area contributed by atoms with Gasteiger partial charge in [-0.25, -0.2) is 13.4 Å². The third-order valence-electron chi connectivity index (χ3n) is 4.09. The first-order valence-electron chi connectivity index (χ1n) is 8.28. The summed E-state index contributed by atoms with van der Waals surface area (Å²) in [4.78, 5) is 4.56. The summed E-state index contributed by atoms with van der Waals surface area (Å²) in [6, 6.07) is 19.7. The number of hydrogen-bond donors (Lipinski definition) is 1. The quantitative estimate of drug-likeness (QED) is 0.535. The van der Waals surface area contributed by atoms with Gasteiger partial charge in [0.15, 0.2) is 0 Å². The molecule has 7 heteroatoms. The average molecular weight is 398 g/mol. The Morgan fingerprint density at radius 2 is 1.70 bits per heavy atom. The third kappa shape index (κ3) is 4.13. The van der Waals surface area contributed by atoms with E-state index in [1.807, 2.05) is 47.1 Å². The molecule has 5 nitrogen and oxygen atoms in total. The van der Waals surface area contributed by atoms with E-state index in [4.69, 9.17) is 11.6 Å². The van der Waals surface area contributed by atoms with Gasteiger partial charge in [0.05, 0.1) is 11.4 Å². The van der Waals surface area contributed by atoms with Crippen molar-refractivity contribution in [3.63, 3.8) is 0 Å². The number of rotatable bonds is 5. The lowest BCUT2D eigenvalue weighted by molar-refractivity contribution is 0.600. The molecular formula is C20H16ClN3O2S. The molecule has 0 unspecified atom stereocenters. The van der Waals surface area contributed by atoms with Crippen LogP contribution in [0.4, 0.5) is 5.69 Å². The predicted octanol–water partition coefficient (Wildman–Crippen LogP) is 4.60. The number of pyridine rings is 1. The molecule has 4 aromatic rings. The molecule has 0 aliphatic heterocycles. The van der Waals surface area contributed by atoms with Crippen molar-refractivity contribution in [3.05, 3.63) is 89.7 Å². The van der Waals surface area contributed by atoms with Crippen LogP contribution >= 0.6 is 11.6 Å². The number of aromatic nitrogens is 2. The highest BCUT2D eigenvalue weighted by Gasteiger charge is 2.12. The number of fused-ring (bicyclic) bond motifs is 1. The van der Waals surface area contributed by atoms with E-state index in [-0.39, 0.29) is 5.75 Å². The summed E-state index contributed by atoms with van der Waals surface area (Å²) in [7, 11) is -3.51. The summed E-state index contributed by atoms with van der Waals surface area (Å²) in [6.45, 7) is 0. The molecule has 0 radical (unpaired) electrons. The molecule has 0 saturated carbocycles. The molecule has 2 aromatic carbocycles. The van der Waals surface area contributed by atoms with Crippen molar-refractivity contribution >= 4 is 33.0 Å². The van der Waals surface area contributed by atoms with E-state index in [0.29, 0.717) is 16.3 Å². The second-order valence-corrected chi connectivity index (χ2v) is 8.32. The van der Waals surface area contributed by atoms with Crippen molar-refractivity contribution in [1.29, 1.82) is 0 Å². The van der Waals surface area contributed by atoms with Gasteiger partial charge in [0.1, 0.15) is 5.65 Å². The molecule has 0 spiro atoms. The Kier molecular flexibility index (Phi) is 4.59. The number of nitrogens with zero attached hydrogens (tertiary/aromatic N) is 2. The van der Waals surface area contributed by atoms with E-state index >= 15 is 0 Å². The van der Waals surface area contributed by atoms with Gasteiger partial charge in [-0.1, -0.05) is 41.9 Å². The first-order chi connectivity index (χ1) is 13.0. The minimum absolute atomic E-state index is 0.113. The maximum absolute atomic E-state index is 12.4. The Balaban J connectivity index is 1.50. The molecule has 0 saturated heterocycles. The summed E-state index contributed by atoms with van der Waals surface area (Å²) in [5.74, 6) is -0.113. The van der Waals surface area contributed by atoms with E-state index in [2.05, 4.69) is 9.71 Å². The van der Waals surface area contributed by atoms with Gasteiger partial charge in [0.2, 0.25) is 10.0 Å². The van der Waals surface area contributed by atoms with Crippen LogP contribution in [0.2, 0.25) is 5.02 Å². The normalized spacial score (nSPS) is 11.6. The lowest BCUT2D eigenvalue weighted by Crippen LogP contribution is -2.14. The Morgan fingerprint density at radius 1 is 0.963 bits per heavy atom. The van der Waals surface area contributed by atoms with E-state index in [1.165, 1.54) is 0 Å². The molecule has 136 valence electrons. The van der Waals surface area contributed by atoms with E-state index < -0.39 is 10.0 Å². The fourth-order valence-corrected chi connectivity index (χ4v) is 4.12. The number of halogens is 1. The lowest BCUT2D eigenvalue weighted by atomic mass is 10.1. The standard InChI is InChI=1S/C20H16ClN3O2S/c21-17-8-4-15(5-9-17)14-27(25,26)23-18-10-6-16(7-11-18)19-13-24-12-2-1-3-20(24)22-19/h1-13,23H,14H2. The van der Waals surface area contributed by atoms with Gasteiger partial charge in [0, 0.05) is 28.7 Å². The zero-order valence-electron chi connectivity index (χ0n) is 14.2. The van der Waals surface area contributed by atoms with Crippen LogP contribution in [-0.2, 0) is 15.8 Å². The SMILES string of the molecule is O=S(=O)(Cc1ccc(Cl)cc1)Nc1ccc(-c2cn3ccccc3n2)cc1. The van der Waals surface area contributed by atoms with Gasteiger partial charge >= 0.3 is 0 Å². The Morgan fingerprint density at radius 3 is 2.41 bits per heavy atom.